The smallest absolute Gasteiger partial charge is 0.370 e. The molecule has 34 heavy (non-hydrogen) atoms. The maximum atomic E-state index is 13.0. The molecule has 0 bridgehead atoms. The number of amides is 1. The van der Waals surface area contributed by atoms with Crippen LogP contribution < -0.4 is 9.80 Å². The topological polar surface area (TPSA) is 80.0 Å². The van der Waals surface area contributed by atoms with Crippen LogP contribution in [0.4, 0.5) is 33.5 Å². The first kappa shape index (κ1) is 22.4. The molecular formula is C21H20F5N7O. The molecule has 2 aliphatic rings. The molecule has 8 nitrogen and oxygen atoms in total. The van der Waals surface area contributed by atoms with E-state index in [1.54, 1.807) is 0 Å². The van der Waals surface area contributed by atoms with Crippen LogP contribution in [0.25, 0.3) is 11.2 Å². The van der Waals surface area contributed by atoms with E-state index in [0.29, 0.717) is 43.7 Å². The van der Waals surface area contributed by atoms with Gasteiger partial charge in [0.25, 0.3) is 6.43 Å². The lowest BCUT2D eigenvalue weighted by atomic mass is 9.77. The third kappa shape index (κ3) is 4.14. The number of piperidine rings is 1. The summed E-state index contributed by atoms with van der Waals surface area (Å²) in [4.78, 5) is 28.5. The summed E-state index contributed by atoms with van der Waals surface area (Å²) in [7, 11) is 0. The number of alkyl halides is 5. The van der Waals surface area contributed by atoms with Crippen LogP contribution in [-0.2, 0) is 17.5 Å². The fourth-order valence-electron chi connectivity index (χ4n) is 4.67. The van der Waals surface area contributed by atoms with E-state index in [0.717, 1.165) is 16.9 Å². The average Bonchev–Trinajstić information content (AvgIpc) is 3.33. The van der Waals surface area contributed by atoms with Gasteiger partial charge in [-0.15, -0.1) is 0 Å². The van der Waals surface area contributed by atoms with Gasteiger partial charge in [0.2, 0.25) is 5.91 Å². The van der Waals surface area contributed by atoms with Crippen molar-refractivity contribution in [3.63, 3.8) is 0 Å². The van der Waals surface area contributed by atoms with Crippen molar-refractivity contribution in [2.45, 2.75) is 38.4 Å². The van der Waals surface area contributed by atoms with Crippen molar-refractivity contribution < 1.29 is 26.7 Å². The standard InChI is InChI=1S/C21H20F5N7O/c22-16(23)11-33-19-15(9-29-33)28-10-17(30-19)32-12-20(6-18(32)34)1-3-31(4-2-20)14-5-13(7-27-8-14)21(24,25)26/h5,7-10,16H,1-4,6,11-12H2. The van der Waals surface area contributed by atoms with Gasteiger partial charge in [0, 0.05) is 37.7 Å². The number of rotatable bonds is 4. The highest BCUT2D eigenvalue weighted by Crippen LogP contribution is 2.43. The fraction of sp³-hybridized carbons (Fsp3) is 0.476. The normalized spacial score (nSPS) is 18.6. The predicted octanol–water partition coefficient (Wildman–Crippen LogP) is 3.53. The highest BCUT2D eigenvalue weighted by atomic mass is 19.4. The van der Waals surface area contributed by atoms with E-state index < -0.39 is 24.7 Å². The molecule has 0 radical (unpaired) electrons. The highest BCUT2D eigenvalue weighted by Gasteiger charge is 2.46. The maximum absolute atomic E-state index is 13.0. The van der Waals surface area contributed by atoms with Gasteiger partial charge >= 0.3 is 6.18 Å². The van der Waals surface area contributed by atoms with Crippen LogP contribution in [0.15, 0.2) is 30.9 Å². The first-order chi connectivity index (χ1) is 16.1. The minimum Gasteiger partial charge on any atom is -0.370 e. The molecule has 0 aromatic carbocycles. The van der Waals surface area contributed by atoms with Gasteiger partial charge in [-0.05, 0) is 18.9 Å². The van der Waals surface area contributed by atoms with Crippen LogP contribution in [-0.4, -0.2) is 56.7 Å². The van der Waals surface area contributed by atoms with Crippen LogP contribution in [0.5, 0.6) is 0 Å². The number of hydrogen-bond acceptors (Lipinski definition) is 6. The number of halogens is 5. The predicted molar refractivity (Wildman–Crippen MR) is 111 cm³/mol. The van der Waals surface area contributed by atoms with Crippen LogP contribution in [0.3, 0.4) is 0 Å². The van der Waals surface area contributed by atoms with E-state index in [-0.39, 0.29) is 29.2 Å². The number of nitrogens with zero attached hydrogens (tertiary/aromatic N) is 7. The van der Waals surface area contributed by atoms with E-state index in [4.69, 9.17) is 0 Å². The van der Waals surface area contributed by atoms with Gasteiger partial charge in [-0.25, -0.2) is 23.4 Å². The second-order valence-corrected chi connectivity index (χ2v) is 8.73. The van der Waals surface area contributed by atoms with Gasteiger partial charge in [0.15, 0.2) is 11.5 Å². The summed E-state index contributed by atoms with van der Waals surface area (Å²) >= 11 is 0. The summed E-state index contributed by atoms with van der Waals surface area (Å²) in [5.41, 5.74) is -0.211. The fourth-order valence-corrected chi connectivity index (χ4v) is 4.67. The molecule has 2 saturated heterocycles. The molecule has 0 unspecified atom stereocenters. The van der Waals surface area contributed by atoms with Crippen molar-refractivity contribution in [2.24, 2.45) is 5.41 Å². The first-order valence-electron chi connectivity index (χ1n) is 10.7. The zero-order chi connectivity index (χ0) is 24.1. The molecule has 0 atom stereocenters. The monoisotopic (exact) mass is 481 g/mol. The van der Waals surface area contributed by atoms with Crippen molar-refractivity contribution in [3.05, 3.63) is 36.4 Å². The van der Waals surface area contributed by atoms with Crippen molar-refractivity contribution in [3.8, 4) is 0 Å². The lowest BCUT2D eigenvalue weighted by molar-refractivity contribution is -0.137. The summed E-state index contributed by atoms with van der Waals surface area (Å²) in [5, 5.41) is 3.89. The molecule has 2 aliphatic heterocycles. The Bertz CT molecular complexity index is 1220. The number of carbonyl (C=O) groups excluding carboxylic acids is 1. The van der Waals surface area contributed by atoms with Crippen molar-refractivity contribution in [1.29, 1.82) is 0 Å². The molecule has 5 rings (SSSR count). The molecule has 1 spiro atoms. The molecule has 5 heterocycles. The van der Waals surface area contributed by atoms with Gasteiger partial charge in [-0.2, -0.15) is 18.3 Å². The first-order valence-corrected chi connectivity index (χ1v) is 10.7. The lowest BCUT2D eigenvalue weighted by Gasteiger charge is -2.39. The molecule has 0 aliphatic carbocycles. The second-order valence-electron chi connectivity index (χ2n) is 8.73. The van der Waals surface area contributed by atoms with E-state index in [2.05, 4.69) is 20.1 Å². The Morgan fingerprint density at radius 3 is 2.56 bits per heavy atom. The Labute approximate surface area is 190 Å². The summed E-state index contributed by atoms with van der Waals surface area (Å²) in [6, 6.07) is 1.09. The Hall–Kier alpha value is -3.38. The lowest BCUT2D eigenvalue weighted by Crippen LogP contribution is -2.42. The molecule has 1 amide bonds. The number of aromatic nitrogens is 5. The van der Waals surface area contributed by atoms with Gasteiger partial charge in [-0.1, -0.05) is 0 Å². The number of carbonyl (C=O) groups is 1. The number of pyridine rings is 1. The Balaban J connectivity index is 1.31. The zero-order valence-electron chi connectivity index (χ0n) is 17.8. The van der Waals surface area contributed by atoms with Crippen LogP contribution in [0.2, 0.25) is 0 Å². The molecular weight excluding hydrogens is 461 g/mol. The molecule has 3 aromatic heterocycles. The summed E-state index contributed by atoms with van der Waals surface area (Å²) < 4.78 is 65.8. The molecule has 13 heteroatoms. The highest BCUT2D eigenvalue weighted by molar-refractivity contribution is 5.96. The third-order valence-electron chi connectivity index (χ3n) is 6.48. The minimum absolute atomic E-state index is 0.150. The third-order valence-corrected chi connectivity index (χ3v) is 6.48. The van der Waals surface area contributed by atoms with Crippen molar-refractivity contribution in [2.75, 3.05) is 29.4 Å². The Morgan fingerprint density at radius 1 is 1.09 bits per heavy atom. The van der Waals surface area contributed by atoms with E-state index in [1.165, 1.54) is 23.5 Å². The summed E-state index contributed by atoms with van der Waals surface area (Å²) in [6.07, 6.45) is -0.613. The second kappa shape index (κ2) is 8.13. The zero-order valence-corrected chi connectivity index (χ0v) is 17.8. The molecule has 3 aromatic rings. The molecule has 180 valence electrons. The number of hydrogen-bond donors (Lipinski definition) is 0. The van der Waals surface area contributed by atoms with E-state index in [9.17, 15) is 26.7 Å². The number of fused-ring (bicyclic) bond motifs is 1. The summed E-state index contributed by atoms with van der Waals surface area (Å²) in [6.45, 7) is 0.718. The SMILES string of the molecule is O=C1CC2(CCN(c3cncc(C(F)(F)F)c3)CC2)CN1c1cnc2cnn(CC(F)F)c2n1. The van der Waals surface area contributed by atoms with Gasteiger partial charge in [0.05, 0.1) is 29.8 Å². The van der Waals surface area contributed by atoms with Gasteiger partial charge < -0.3 is 4.90 Å². The van der Waals surface area contributed by atoms with Crippen molar-refractivity contribution >= 4 is 28.6 Å². The molecule has 2 fully saturated rings. The Morgan fingerprint density at radius 2 is 1.85 bits per heavy atom. The maximum Gasteiger partial charge on any atom is 0.417 e. The molecule has 0 N–H and O–H groups in total. The quantitative estimate of drug-likeness (QED) is 0.531. The number of anilines is 2. The minimum atomic E-state index is -4.47. The van der Waals surface area contributed by atoms with Crippen LogP contribution in [0.1, 0.15) is 24.8 Å². The van der Waals surface area contributed by atoms with Crippen LogP contribution >= 0.6 is 0 Å². The van der Waals surface area contributed by atoms with Gasteiger partial charge in [0.1, 0.15) is 12.1 Å². The van der Waals surface area contributed by atoms with E-state index in [1.807, 2.05) is 4.90 Å². The largest absolute Gasteiger partial charge is 0.417 e. The van der Waals surface area contributed by atoms with E-state index >= 15 is 0 Å². The summed E-state index contributed by atoms with van der Waals surface area (Å²) in [5.74, 6) is 0.123. The van der Waals surface area contributed by atoms with Gasteiger partial charge in [-0.3, -0.25) is 14.7 Å². The molecule has 0 saturated carbocycles. The Kier molecular flexibility index (Phi) is 5.36. The van der Waals surface area contributed by atoms with Crippen LogP contribution in [0, 0.1) is 5.41 Å². The van der Waals surface area contributed by atoms with Crippen molar-refractivity contribution in [1.82, 2.24) is 24.7 Å². The average molecular weight is 481 g/mol.